The van der Waals surface area contributed by atoms with E-state index in [1.165, 1.54) is 0 Å². The van der Waals surface area contributed by atoms with E-state index in [0.29, 0.717) is 22.3 Å². The first-order valence-electron chi connectivity index (χ1n) is 4.43. The van der Waals surface area contributed by atoms with E-state index in [4.69, 9.17) is 29.5 Å². The van der Waals surface area contributed by atoms with Crippen molar-refractivity contribution in [2.24, 2.45) is 5.41 Å². The summed E-state index contributed by atoms with van der Waals surface area (Å²) in [5, 5.41) is 12.3. The van der Waals surface area contributed by atoms with Crippen LogP contribution in [0, 0.1) is 16.7 Å². The molecule has 0 aromatic carbocycles. The predicted molar refractivity (Wildman–Crippen MR) is 62.8 cm³/mol. The van der Waals surface area contributed by atoms with E-state index in [0.717, 1.165) is 0 Å². The maximum absolute atomic E-state index is 8.83. The molecule has 0 aliphatic rings. The van der Waals surface area contributed by atoms with Crippen molar-refractivity contribution >= 4 is 30.0 Å². The third kappa shape index (κ3) is 4.44. The van der Waals surface area contributed by atoms with Crippen LogP contribution in [0.1, 0.15) is 13.8 Å². The minimum atomic E-state index is -0.456. The molecule has 1 rings (SSSR count). The van der Waals surface area contributed by atoms with Crippen molar-refractivity contribution in [3.8, 4) is 6.07 Å². The number of hydrogen-bond acceptors (Lipinski definition) is 4. The van der Waals surface area contributed by atoms with Gasteiger partial charge in [-0.15, -0.1) is 0 Å². The van der Waals surface area contributed by atoms with E-state index < -0.39 is 5.41 Å². The molecule has 1 heterocycles. The molecule has 6 heteroatoms. The fourth-order valence-electron chi connectivity index (χ4n) is 0.894. The molecule has 1 aromatic rings. The summed E-state index contributed by atoms with van der Waals surface area (Å²) in [6.45, 7) is 4.16. The van der Waals surface area contributed by atoms with Gasteiger partial charge in [0.1, 0.15) is 5.82 Å². The zero-order valence-corrected chi connectivity index (χ0v) is 13.1. The third-order valence-electron chi connectivity index (χ3n) is 1.85. The Hall–Kier alpha value is -0.0500. The van der Waals surface area contributed by atoms with E-state index in [1.54, 1.807) is 12.3 Å². The summed E-state index contributed by atoms with van der Waals surface area (Å²) in [5.74, 6) is 0.535. The quantitative estimate of drug-likeness (QED) is 0.596. The number of anilines is 1. The number of aromatic nitrogens is 1. The van der Waals surface area contributed by atoms with Crippen molar-refractivity contribution in [1.29, 1.82) is 5.26 Å². The maximum Gasteiger partial charge on any atom is 1.00 e. The summed E-state index contributed by atoms with van der Waals surface area (Å²) in [7, 11) is 0. The van der Waals surface area contributed by atoms with Crippen molar-refractivity contribution in [1.82, 2.24) is 4.98 Å². The third-order valence-corrected chi connectivity index (χ3v) is 2.69. The summed E-state index contributed by atoms with van der Waals surface area (Å²) in [5.41, 5.74) is -0.456. The van der Waals surface area contributed by atoms with Gasteiger partial charge in [0, 0.05) is 12.7 Å². The van der Waals surface area contributed by atoms with Crippen molar-refractivity contribution in [3.05, 3.63) is 17.3 Å². The Morgan fingerprint density at radius 3 is 2.81 bits per heavy atom. The molecule has 0 fully saturated rings. The van der Waals surface area contributed by atoms with Crippen molar-refractivity contribution in [2.45, 2.75) is 18.7 Å². The first-order chi connectivity index (χ1) is 6.96. The van der Waals surface area contributed by atoms with E-state index in [2.05, 4.69) is 16.4 Å². The number of rotatable bonds is 3. The molecule has 1 aromatic heterocycles. The monoisotopic (exact) mass is 263 g/mol. The number of pyridine rings is 1. The topological polar surface area (TPSA) is 48.7 Å². The average Bonchev–Trinajstić information content (AvgIpc) is 2.20. The number of nitrogens with zero attached hydrogens (tertiary/aromatic N) is 2. The van der Waals surface area contributed by atoms with Gasteiger partial charge in [-0.3, -0.25) is 0 Å². The van der Waals surface area contributed by atoms with Gasteiger partial charge < -0.3 is 17.9 Å². The van der Waals surface area contributed by atoms with Crippen LogP contribution in [0.15, 0.2) is 17.2 Å². The Kier molecular flexibility index (Phi) is 6.61. The van der Waals surface area contributed by atoms with Crippen molar-refractivity contribution in [2.75, 3.05) is 11.9 Å². The van der Waals surface area contributed by atoms with Crippen molar-refractivity contribution in [3.63, 3.8) is 0 Å². The summed E-state index contributed by atoms with van der Waals surface area (Å²) in [6, 6.07) is 3.85. The van der Waals surface area contributed by atoms with Gasteiger partial charge in [0.15, 0.2) is 0 Å². The van der Waals surface area contributed by atoms with Gasteiger partial charge in [0.2, 0.25) is 0 Å². The Bertz CT molecular complexity index is 404. The van der Waals surface area contributed by atoms with E-state index in [-0.39, 0.29) is 29.6 Å². The van der Waals surface area contributed by atoms with Gasteiger partial charge in [-0.25, -0.2) is 4.98 Å². The standard InChI is InChI=1S/C10H12ClN3S.Na/c1-10(2,5-12)6-14-9-8(11)7(15)3-4-13-9;/h3-4H,6H2,1-2H3,(H2,13,14,15);/q;+1/p-1. The number of halogens is 1. The zero-order chi connectivity index (χ0) is 11.5. The summed E-state index contributed by atoms with van der Waals surface area (Å²) < 4.78 is 0. The van der Waals surface area contributed by atoms with E-state index in [9.17, 15) is 0 Å². The molecule has 0 saturated heterocycles. The van der Waals surface area contributed by atoms with Gasteiger partial charge in [-0.05, 0) is 13.8 Å². The molecule has 1 N–H and O–H groups in total. The van der Waals surface area contributed by atoms with Crippen LogP contribution in [0.5, 0.6) is 0 Å². The number of nitrogens with one attached hydrogen (secondary N) is 1. The van der Waals surface area contributed by atoms with Crippen LogP contribution in [0.4, 0.5) is 5.82 Å². The second-order valence-corrected chi connectivity index (χ2v) is 4.64. The van der Waals surface area contributed by atoms with Crippen LogP contribution < -0.4 is 34.9 Å². The van der Waals surface area contributed by atoms with Crippen LogP contribution in [0.25, 0.3) is 0 Å². The van der Waals surface area contributed by atoms with Gasteiger partial charge >= 0.3 is 29.6 Å². The molecular weight excluding hydrogens is 253 g/mol. The molecule has 0 bridgehead atoms. The van der Waals surface area contributed by atoms with Crippen LogP contribution in [0.2, 0.25) is 5.02 Å². The summed E-state index contributed by atoms with van der Waals surface area (Å²) >= 11 is 11.0. The van der Waals surface area contributed by atoms with E-state index >= 15 is 0 Å². The molecule has 16 heavy (non-hydrogen) atoms. The normalized spacial score (nSPS) is 10.1. The van der Waals surface area contributed by atoms with Crippen LogP contribution in [0.3, 0.4) is 0 Å². The van der Waals surface area contributed by atoms with Gasteiger partial charge in [0.05, 0.1) is 16.5 Å². The number of nitriles is 1. The molecule has 3 nitrogen and oxygen atoms in total. The first kappa shape index (κ1) is 16.0. The Labute approximate surface area is 128 Å². The second kappa shape index (κ2) is 6.63. The first-order valence-corrected chi connectivity index (χ1v) is 5.21. The molecule has 0 aliphatic carbocycles. The second-order valence-electron chi connectivity index (χ2n) is 3.82. The van der Waals surface area contributed by atoms with E-state index in [1.807, 2.05) is 13.8 Å². The molecule has 80 valence electrons. The largest absolute Gasteiger partial charge is 1.00 e. The van der Waals surface area contributed by atoms with Crippen LogP contribution in [-0.4, -0.2) is 11.5 Å². The molecule has 0 spiro atoms. The Morgan fingerprint density at radius 2 is 2.25 bits per heavy atom. The fourth-order valence-corrected chi connectivity index (χ4v) is 1.23. The molecule has 0 aliphatic heterocycles. The molecule has 0 saturated carbocycles. The average molecular weight is 264 g/mol. The van der Waals surface area contributed by atoms with Gasteiger partial charge in [0.25, 0.3) is 0 Å². The summed E-state index contributed by atoms with van der Waals surface area (Å²) in [6.07, 6.45) is 1.59. The van der Waals surface area contributed by atoms with Gasteiger partial charge in [-0.1, -0.05) is 17.7 Å². The fraction of sp³-hybridized carbons (Fsp3) is 0.400. The predicted octanol–water partition coefficient (Wildman–Crippen LogP) is -0.394. The molecule has 0 amide bonds. The number of hydrogen-bond donors (Lipinski definition) is 1. The Morgan fingerprint density at radius 1 is 1.62 bits per heavy atom. The van der Waals surface area contributed by atoms with Crippen LogP contribution in [-0.2, 0) is 12.6 Å². The SMILES string of the molecule is CC(C)(C#N)CNc1nccc([S-])c1Cl.[Na+]. The maximum atomic E-state index is 8.83. The summed E-state index contributed by atoms with van der Waals surface area (Å²) in [4.78, 5) is 4.62. The molecule has 0 atom stereocenters. The van der Waals surface area contributed by atoms with Crippen molar-refractivity contribution < 1.29 is 29.6 Å². The van der Waals surface area contributed by atoms with Gasteiger partial charge in [-0.2, -0.15) is 10.2 Å². The minimum absolute atomic E-state index is 0. The molecule has 0 unspecified atom stereocenters. The smallest absolute Gasteiger partial charge is 0.778 e. The minimum Gasteiger partial charge on any atom is -0.778 e. The van der Waals surface area contributed by atoms with Crippen LogP contribution >= 0.6 is 11.6 Å². The molecular formula is C10H11ClN3NaS. The Balaban J connectivity index is 0.00000225. The molecule has 0 radical (unpaired) electrons. The zero-order valence-electron chi connectivity index (χ0n) is 9.54.